The molecule has 22 heavy (non-hydrogen) atoms. The molecule has 0 unspecified atom stereocenters. The van der Waals surface area contributed by atoms with E-state index in [1.54, 1.807) is 28.0 Å². The number of carbonyl (C=O) groups excluding carboxylic acids is 3. The molecule has 3 rings (SSSR count). The Labute approximate surface area is 127 Å². The zero-order valence-electron chi connectivity index (χ0n) is 12.1. The SMILES string of the molecule is O=CN1CCN(C(=O)c2ccc3c(c2)NC(=O)CCO3)CC1. The molecule has 0 bridgehead atoms. The van der Waals surface area contributed by atoms with Crippen LogP contribution in [-0.4, -0.2) is 60.8 Å². The molecule has 0 aromatic heterocycles. The highest BCUT2D eigenvalue weighted by atomic mass is 16.5. The van der Waals surface area contributed by atoms with Crippen molar-refractivity contribution in [1.82, 2.24) is 9.80 Å². The number of hydrogen-bond acceptors (Lipinski definition) is 4. The minimum Gasteiger partial charge on any atom is -0.491 e. The number of nitrogens with zero attached hydrogens (tertiary/aromatic N) is 2. The standard InChI is InChI=1S/C15H17N3O4/c19-10-17-4-6-18(7-5-17)15(21)11-1-2-13-12(9-11)16-14(20)3-8-22-13/h1-2,9-10H,3-8H2,(H,16,20). The van der Waals surface area contributed by atoms with Crippen molar-refractivity contribution in [1.29, 1.82) is 0 Å². The van der Waals surface area contributed by atoms with Crippen molar-refractivity contribution in [2.45, 2.75) is 6.42 Å². The lowest BCUT2D eigenvalue weighted by Gasteiger charge is -2.32. The Morgan fingerprint density at radius 3 is 2.73 bits per heavy atom. The van der Waals surface area contributed by atoms with Crippen molar-refractivity contribution in [3.63, 3.8) is 0 Å². The third-order valence-electron chi connectivity index (χ3n) is 3.84. The molecule has 0 radical (unpaired) electrons. The zero-order valence-corrected chi connectivity index (χ0v) is 12.1. The molecule has 1 fully saturated rings. The van der Waals surface area contributed by atoms with Crippen LogP contribution in [0.4, 0.5) is 5.69 Å². The molecular formula is C15H17N3O4. The van der Waals surface area contributed by atoms with Gasteiger partial charge < -0.3 is 19.9 Å². The summed E-state index contributed by atoms with van der Waals surface area (Å²) in [6, 6.07) is 5.05. The lowest BCUT2D eigenvalue weighted by molar-refractivity contribution is -0.119. The number of nitrogens with one attached hydrogen (secondary N) is 1. The van der Waals surface area contributed by atoms with Crippen LogP contribution in [0.25, 0.3) is 0 Å². The number of anilines is 1. The largest absolute Gasteiger partial charge is 0.491 e. The second-order valence-electron chi connectivity index (χ2n) is 5.29. The van der Waals surface area contributed by atoms with Crippen molar-refractivity contribution in [2.24, 2.45) is 0 Å². The van der Waals surface area contributed by atoms with Crippen LogP contribution in [0, 0.1) is 0 Å². The smallest absolute Gasteiger partial charge is 0.254 e. The van der Waals surface area contributed by atoms with Crippen LogP contribution in [-0.2, 0) is 9.59 Å². The maximum atomic E-state index is 12.5. The zero-order chi connectivity index (χ0) is 15.5. The molecule has 3 amide bonds. The Hall–Kier alpha value is -2.57. The minimum absolute atomic E-state index is 0.105. The molecule has 1 aromatic rings. The molecule has 116 valence electrons. The molecule has 1 saturated heterocycles. The van der Waals surface area contributed by atoms with Gasteiger partial charge in [0.1, 0.15) is 5.75 Å². The number of amides is 3. The molecule has 0 saturated carbocycles. The van der Waals surface area contributed by atoms with Gasteiger partial charge in [0.25, 0.3) is 5.91 Å². The number of rotatable bonds is 2. The molecule has 2 aliphatic heterocycles. The number of hydrogen-bond donors (Lipinski definition) is 1. The Morgan fingerprint density at radius 1 is 1.23 bits per heavy atom. The summed E-state index contributed by atoms with van der Waals surface area (Å²) >= 11 is 0. The van der Waals surface area contributed by atoms with E-state index in [0.29, 0.717) is 56.2 Å². The van der Waals surface area contributed by atoms with Crippen molar-refractivity contribution in [3.8, 4) is 5.75 Å². The van der Waals surface area contributed by atoms with Crippen molar-refractivity contribution in [2.75, 3.05) is 38.1 Å². The summed E-state index contributed by atoms with van der Waals surface area (Å²) in [4.78, 5) is 38.1. The number of ether oxygens (including phenoxy) is 1. The second kappa shape index (κ2) is 6.05. The Morgan fingerprint density at radius 2 is 2.00 bits per heavy atom. The van der Waals surface area contributed by atoms with E-state index in [9.17, 15) is 14.4 Å². The van der Waals surface area contributed by atoms with Gasteiger partial charge in [0.15, 0.2) is 0 Å². The Kier molecular flexibility index (Phi) is 3.95. The molecule has 0 spiro atoms. The van der Waals surface area contributed by atoms with E-state index < -0.39 is 0 Å². The predicted molar refractivity (Wildman–Crippen MR) is 78.7 cm³/mol. The van der Waals surface area contributed by atoms with Gasteiger partial charge in [-0.3, -0.25) is 14.4 Å². The molecule has 7 nitrogen and oxygen atoms in total. The van der Waals surface area contributed by atoms with Gasteiger partial charge >= 0.3 is 0 Å². The topological polar surface area (TPSA) is 79.0 Å². The molecule has 1 N–H and O–H groups in total. The monoisotopic (exact) mass is 303 g/mol. The first-order chi connectivity index (χ1) is 10.7. The van der Waals surface area contributed by atoms with Crippen LogP contribution in [0.1, 0.15) is 16.8 Å². The fourth-order valence-corrected chi connectivity index (χ4v) is 2.57. The third-order valence-corrected chi connectivity index (χ3v) is 3.84. The Balaban J connectivity index is 1.76. The lowest BCUT2D eigenvalue weighted by atomic mass is 10.1. The van der Waals surface area contributed by atoms with Crippen LogP contribution in [0.2, 0.25) is 0 Å². The van der Waals surface area contributed by atoms with Crippen LogP contribution >= 0.6 is 0 Å². The first kappa shape index (κ1) is 14.4. The summed E-state index contributed by atoms with van der Waals surface area (Å²) in [5, 5.41) is 2.75. The summed E-state index contributed by atoms with van der Waals surface area (Å²) in [7, 11) is 0. The van der Waals surface area contributed by atoms with Gasteiger partial charge in [-0.25, -0.2) is 0 Å². The average molecular weight is 303 g/mol. The van der Waals surface area contributed by atoms with Gasteiger partial charge in [0.05, 0.1) is 18.7 Å². The number of piperazine rings is 1. The van der Waals surface area contributed by atoms with Gasteiger partial charge in [0, 0.05) is 31.7 Å². The fourth-order valence-electron chi connectivity index (χ4n) is 2.57. The van der Waals surface area contributed by atoms with E-state index in [1.807, 2.05) is 0 Å². The molecular weight excluding hydrogens is 286 g/mol. The average Bonchev–Trinajstić information content (AvgIpc) is 2.74. The first-order valence-corrected chi connectivity index (χ1v) is 7.23. The van der Waals surface area contributed by atoms with Crippen LogP contribution < -0.4 is 10.1 Å². The summed E-state index contributed by atoms with van der Waals surface area (Å²) in [6.45, 7) is 2.44. The summed E-state index contributed by atoms with van der Waals surface area (Å²) < 4.78 is 5.47. The maximum absolute atomic E-state index is 12.5. The molecule has 7 heteroatoms. The van der Waals surface area contributed by atoms with E-state index >= 15 is 0 Å². The third kappa shape index (κ3) is 2.88. The predicted octanol–water partition coefficient (Wildman–Crippen LogP) is 0.322. The maximum Gasteiger partial charge on any atom is 0.254 e. The number of carbonyl (C=O) groups is 3. The number of fused-ring (bicyclic) bond motifs is 1. The molecule has 2 aliphatic rings. The second-order valence-corrected chi connectivity index (χ2v) is 5.29. The van der Waals surface area contributed by atoms with Crippen LogP contribution in [0.15, 0.2) is 18.2 Å². The van der Waals surface area contributed by atoms with E-state index in [2.05, 4.69) is 5.32 Å². The highest BCUT2D eigenvalue weighted by molar-refractivity contribution is 5.98. The highest BCUT2D eigenvalue weighted by Crippen LogP contribution is 2.28. The lowest BCUT2D eigenvalue weighted by Crippen LogP contribution is -2.48. The molecule has 2 heterocycles. The van der Waals surface area contributed by atoms with Crippen molar-refractivity contribution in [3.05, 3.63) is 23.8 Å². The number of benzene rings is 1. The fraction of sp³-hybridized carbons (Fsp3) is 0.400. The summed E-state index contributed by atoms with van der Waals surface area (Å²) in [5.41, 5.74) is 1.03. The normalized spacial score (nSPS) is 17.9. The van der Waals surface area contributed by atoms with Crippen LogP contribution in [0.5, 0.6) is 5.75 Å². The van der Waals surface area contributed by atoms with E-state index in [-0.39, 0.29) is 11.8 Å². The molecule has 0 atom stereocenters. The molecule has 0 aliphatic carbocycles. The Bertz CT molecular complexity index is 609. The van der Waals surface area contributed by atoms with Gasteiger partial charge in [-0.15, -0.1) is 0 Å². The summed E-state index contributed by atoms with van der Waals surface area (Å²) in [6.07, 6.45) is 1.10. The van der Waals surface area contributed by atoms with Crippen LogP contribution in [0.3, 0.4) is 0 Å². The van der Waals surface area contributed by atoms with Crippen molar-refractivity contribution < 1.29 is 19.1 Å². The highest BCUT2D eigenvalue weighted by Gasteiger charge is 2.23. The van der Waals surface area contributed by atoms with E-state index in [4.69, 9.17) is 4.74 Å². The minimum atomic E-state index is -0.122. The quantitative estimate of drug-likeness (QED) is 0.798. The van der Waals surface area contributed by atoms with Crippen molar-refractivity contribution >= 4 is 23.9 Å². The van der Waals surface area contributed by atoms with Gasteiger partial charge in [-0.2, -0.15) is 0 Å². The van der Waals surface area contributed by atoms with E-state index in [0.717, 1.165) is 6.41 Å². The van der Waals surface area contributed by atoms with E-state index in [1.165, 1.54) is 0 Å². The van der Waals surface area contributed by atoms with Gasteiger partial charge in [-0.05, 0) is 18.2 Å². The molecule has 1 aromatic carbocycles. The first-order valence-electron chi connectivity index (χ1n) is 7.23. The van der Waals surface area contributed by atoms with Gasteiger partial charge in [0.2, 0.25) is 12.3 Å². The van der Waals surface area contributed by atoms with Gasteiger partial charge in [-0.1, -0.05) is 0 Å². The summed E-state index contributed by atoms with van der Waals surface area (Å²) in [5.74, 6) is 0.350.